The molecule has 0 saturated heterocycles. The molecule has 0 aliphatic carbocycles. The van der Waals surface area contributed by atoms with Crippen LogP contribution in [0.4, 0.5) is 6.01 Å². The summed E-state index contributed by atoms with van der Waals surface area (Å²) in [6, 6.07) is 0.254. The maximum absolute atomic E-state index is 11.3. The fourth-order valence-electron chi connectivity index (χ4n) is 1.21. The molecule has 0 amide bonds. The van der Waals surface area contributed by atoms with Gasteiger partial charge in [0.1, 0.15) is 12.1 Å². The Balaban J connectivity index is 1.92. The van der Waals surface area contributed by atoms with Gasteiger partial charge in [-0.2, -0.15) is 4.98 Å². The van der Waals surface area contributed by atoms with Crippen molar-refractivity contribution in [1.82, 2.24) is 15.0 Å². The summed E-state index contributed by atoms with van der Waals surface area (Å²) in [5.74, 6) is 0.253. The number of esters is 1. The number of anilines is 1. The Morgan fingerprint density at radius 1 is 1.65 bits per heavy atom. The number of rotatable bonds is 5. The van der Waals surface area contributed by atoms with Crippen molar-refractivity contribution in [2.75, 3.05) is 11.9 Å². The Labute approximate surface area is 97.2 Å². The van der Waals surface area contributed by atoms with Crippen LogP contribution in [0, 0.1) is 0 Å². The highest BCUT2D eigenvalue weighted by Gasteiger charge is 2.12. The minimum absolute atomic E-state index is 0.147. The molecule has 2 aromatic heterocycles. The van der Waals surface area contributed by atoms with Gasteiger partial charge in [0, 0.05) is 12.4 Å². The van der Waals surface area contributed by atoms with Crippen LogP contribution < -0.4 is 5.32 Å². The molecule has 0 bridgehead atoms. The Morgan fingerprint density at radius 3 is 3.24 bits per heavy atom. The number of nitrogens with one attached hydrogen (secondary N) is 2. The summed E-state index contributed by atoms with van der Waals surface area (Å²) in [6.07, 6.45) is 4.62. The van der Waals surface area contributed by atoms with Gasteiger partial charge in [-0.15, -0.1) is 0 Å². The summed E-state index contributed by atoms with van der Waals surface area (Å²) in [5.41, 5.74) is 0.147. The Hall–Kier alpha value is -2.31. The van der Waals surface area contributed by atoms with Gasteiger partial charge in [-0.05, 0) is 6.92 Å². The van der Waals surface area contributed by atoms with Crippen LogP contribution in [0.15, 0.2) is 23.1 Å². The summed E-state index contributed by atoms with van der Waals surface area (Å²) < 4.78 is 9.85. The third-order valence-electron chi connectivity index (χ3n) is 1.95. The molecule has 2 heterocycles. The van der Waals surface area contributed by atoms with Crippen LogP contribution in [0.25, 0.3) is 0 Å². The van der Waals surface area contributed by atoms with Gasteiger partial charge in [-0.1, -0.05) is 0 Å². The summed E-state index contributed by atoms with van der Waals surface area (Å²) in [5, 5.41) is 2.89. The molecular weight excluding hydrogens is 224 g/mol. The fourth-order valence-corrected chi connectivity index (χ4v) is 1.21. The van der Waals surface area contributed by atoms with E-state index in [9.17, 15) is 4.79 Å². The molecule has 0 aliphatic heterocycles. The van der Waals surface area contributed by atoms with Crippen molar-refractivity contribution in [3.8, 4) is 0 Å². The second kappa shape index (κ2) is 5.15. The Morgan fingerprint density at radius 2 is 2.53 bits per heavy atom. The van der Waals surface area contributed by atoms with Gasteiger partial charge in [0.15, 0.2) is 5.69 Å². The molecule has 0 aliphatic rings. The summed E-state index contributed by atoms with van der Waals surface area (Å²) in [4.78, 5) is 22.2. The average molecular weight is 236 g/mol. The van der Waals surface area contributed by atoms with Crippen molar-refractivity contribution in [2.24, 2.45) is 0 Å². The van der Waals surface area contributed by atoms with Crippen LogP contribution in [0.5, 0.6) is 0 Å². The number of imidazole rings is 1. The summed E-state index contributed by atoms with van der Waals surface area (Å²) in [6.45, 7) is 2.48. The highest BCUT2D eigenvalue weighted by atomic mass is 16.5. The van der Waals surface area contributed by atoms with Crippen molar-refractivity contribution in [2.45, 2.75) is 13.5 Å². The van der Waals surface area contributed by atoms with E-state index in [-0.39, 0.29) is 11.7 Å². The Kier molecular flexibility index (Phi) is 3.39. The molecule has 0 unspecified atom stereocenters. The molecule has 0 aromatic carbocycles. The molecule has 0 radical (unpaired) electrons. The number of H-pyrrole nitrogens is 1. The highest BCUT2D eigenvalue weighted by Crippen LogP contribution is 2.09. The van der Waals surface area contributed by atoms with E-state index in [1.165, 1.54) is 6.26 Å². The second-order valence-electron chi connectivity index (χ2n) is 3.15. The van der Waals surface area contributed by atoms with Crippen LogP contribution in [0.2, 0.25) is 0 Å². The van der Waals surface area contributed by atoms with E-state index in [2.05, 4.69) is 20.3 Å². The third-order valence-corrected chi connectivity index (χ3v) is 1.95. The van der Waals surface area contributed by atoms with E-state index < -0.39 is 5.97 Å². The lowest BCUT2D eigenvalue weighted by atomic mass is 10.5. The standard InChI is InChI=1S/C10H12N4O3/c1-2-16-9(15)7-6-17-10(14-7)13-5-8-11-3-4-12-8/h3-4,6H,2,5H2,1H3,(H,11,12)(H,13,14). The number of carbonyl (C=O) groups excluding carboxylic acids is 1. The largest absolute Gasteiger partial charge is 0.461 e. The van der Waals surface area contributed by atoms with Crippen molar-refractivity contribution in [1.29, 1.82) is 0 Å². The zero-order chi connectivity index (χ0) is 12.1. The number of aromatic nitrogens is 3. The molecule has 2 aromatic rings. The van der Waals surface area contributed by atoms with Gasteiger partial charge < -0.3 is 19.5 Å². The molecule has 7 nitrogen and oxygen atoms in total. The number of aromatic amines is 1. The highest BCUT2D eigenvalue weighted by molar-refractivity contribution is 5.87. The Bertz CT molecular complexity index is 477. The van der Waals surface area contributed by atoms with Crippen molar-refractivity contribution < 1.29 is 13.9 Å². The maximum Gasteiger partial charge on any atom is 0.360 e. The number of oxazole rings is 1. The van der Waals surface area contributed by atoms with E-state index in [1.54, 1.807) is 19.3 Å². The normalized spacial score (nSPS) is 10.2. The SMILES string of the molecule is CCOC(=O)c1coc(NCc2ncc[nH]2)n1. The predicted octanol–water partition coefficient (Wildman–Crippen LogP) is 1.19. The molecular formula is C10H12N4O3. The molecule has 0 saturated carbocycles. The van der Waals surface area contributed by atoms with Gasteiger partial charge in [-0.25, -0.2) is 9.78 Å². The predicted molar refractivity (Wildman–Crippen MR) is 58.4 cm³/mol. The number of hydrogen-bond acceptors (Lipinski definition) is 6. The molecule has 7 heteroatoms. The fraction of sp³-hybridized carbons (Fsp3) is 0.300. The van der Waals surface area contributed by atoms with Crippen molar-refractivity contribution in [3.05, 3.63) is 30.2 Å². The first-order valence-electron chi connectivity index (χ1n) is 5.14. The first kappa shape index (κ1) is 11.2. The van der Waals surface area contributed by atoms with Crippen LogP contribution in [-0.2, 0) is 11.3 Å². The van der Waals surface area contributed by atoms with E-state index in [4.69, 9.17) is 9.15 Å². The molecule has 0 fully saturated rings. The number of nitrogens with zero attached hydrogens (tertiary/aromatic N) is 2. The lowest BCUT2D eigenvalue weighted by Gasteiger charge is -1.97. The third kappa shape index (κ3) is 2.83. The molecule has 17 heavy (non-hydrogen) atoms. The maximum atomic E-state index is 11.3. The number of ether oxygens (including phenoxy) is 1. The van der Waals surface area contributed by atoms with Crippen LogP contribution in [0.1, 0.15) is 23.2 Å². The van der Waals surface area contributed by atoms with Crippen molar-refractivity contribution in [3.63, 3.8) is 0 Å². The number of carbonyl (C=O) groups is 1. The van der Waals surface area contributed by atoms with Gasteiger partial charge in [0.05, 0.1) is 13.2 Å². The molecule has 2 rings (SSSR count). The van der Waals surface area contributed by atoms with Gasteiger partial charge >= 0.3 is 5.97 Å². The van der Waals surface area contributed by atoms with Crippen LogP contribution in [0.3, 0.4) is 0 Å². The minimum Gasteiger partial charge on any atom is -0.461 e. The first-order valence-corrected chi connectivity index (χ1v) is 5.14. The summed E-state index contributed by atoms with van der Waals surface area (Å²) >= 11 is 0. The lowest BCUT2D eigenvalue weighted by Crippen LogP contribution is -2.06. The quantitative estimate of drug-likeness (QED) is 0.757. The summed E-state index contributed by atoms with van der Waals surface area (Å²) in [7, 11) is 0. The number of hydrogen-bond donors (Lipinski definition) is 2. The van der Waals surface area contributed by atoms with Crippen LogP contribution >= 0.6 is 0 Å². The monoisotopic (exact) mass is 236 g/mol. The zero-order valence-corrected chi connectivity index (χ0v) is 9.27. The van der Waals surface area contributed by atoms with Gasteiger partial charge in [0.2, 0.25) is 0 Å². The van der Waals surface area contributed by atoms with E-state index in [0.717, 1.165) is 5.82 Å². The first-order chi connectivity index (χ1) is 8.29. The van der Waals surface area contributed by atoms with E-state index >= 15 is 0 Å². The smallest absolute Gasteiger partial charge is 0.360 e. The minimum atomic E-state index is -0.498. The topological polar surface area (TPSA) is 93.0 Å². The van der Waals surface area contributed by atoms with E-state index in [1.807, 2.05) is 0 Å². The molecule has 0 spiro atoms. The van der Waals surface area contributed by atoms with E-state index in [0.29, 0.717) is 13.2 Å². The van der Waals surface area contributed by atoms with Gasteiger partial charge in [-0.3, -0.25) is 0 Å². The lowest BCUT2D eigenvalue weighted by molar-refractivity contribution is 0.0519. The van der Waals surface area contributed by atoms with Gasteiger partial charge in [0.25, 0.3) is 6.01 Å². The van der Waals surface area contributed by atoms with Crippen molar-refractivity contribution >= 4 is 12.0 Å². The average Bonchev–Trinajstić information content (AvgIpc) is 2.98. The molecule has 0 atom stereocenters. The zero-order valence-electron chi connectivity index (χ0n) is 9.27. The molecule has 2 N–H and O–H groups in total. The second-order valence-corrected chi connectivity index (χ2v) is 3.15. The van der Waals surface area contributed by atoms with Crippen LogP contribution in [-0.4, -0.2) is 27.5 Å². The molecule has 90 valence electrons.